The van der Waals surface area contributed by atoms with Crippen LogP contribution in [-0.2, 0) is 17.8 Å². The quantitative estimate of drug-likeness (QED) is 0.525. The number of benzene rings is 2. The molecule has 1 saturated heterocycles. The Morgan fingerprint density at radius 3 is 2.52 bits per heavy atom. The second kappa shape index (κ2) is 8.27. The number of imide groups is 1. The van der Waals surface area contributed by atoms with Crippen LogP contribution in [0.2, 0.25) is 0 Å². The lowest BCUT2D eigenvalue weighted by molar-refractivity contribution is -0.121. The first kappa shape index (κ1) is 19.0. The van der Waals surface area contributed by atoms with Crippen molar-refractivity contribution in [3.63, 3.8) is 0 Å². The molecular formula is C22H21NO3S. The fraction of sp³-hybridized carbons (Fsp3) is 0.182. The van der Waals surface area contributed by atoms with Gasteiger partial charge in [0.1, 0.15) is 12.4 Å². The Labute approximate surface area is 163 Å². The third-order valence-electron chi connectivity index (χ3n) is 4.25. The first-order valence-electron chi connectivity index (χ1n) is 8.61. The number of thioether (sulfide) groups is 1. The maximum Gasteiger partial charge on any atom is 0.293 e. The summed E-state index contributed by atoms with van der Waals surface area (Å²) in [7, 11) is 1.49. The van der Waals surface area contributed by atoms with Crippen LogP contribution in [0.25, 0.3) is 6.08 Å². The van der Waals surface area contributed by atoms with Gasteiger partial charge in [0.2, 0.25) is 0 Å². The van der Waals surface area contributed by atoms with E-state index in [2.05, 4.69) is 37.8 Å². The fourth-order valence-electron chi connectivity index (χ4n) is 2.69. The van der Waals surface area contributed by atoms with Crippen LogP contribution >= 0.6 is 11.8 Å². The molecule has 0 atom stereocenters. The van der Waals surface area contributed by atoms with Gasteiger partial charge in [-0.2, -0.15) is 0 Å². The second-order valence-electron chi connectivity index (χ2n) is 6.37. The van der Waals surface area contributed by atoms with E-state index in [1.54, 1.807) is 6.08 Å². The Morgan fingerprint density at radius 2 is 1.89 bits per heavy atom. The number of allylic oxidation sites excluding steroid dienone is 1. The Kier molecular flexibility index (Phi) is 5.81. The Morgan fingerprint density at radius 1 is 1.15 bits per heavy atom. The number of hydrogen-bond donors (Lipinski definition) is 0. The van der Waals surface area contributed by atoms with E-state index in [0.29, 0.717) is 17.9 Å². The van der Waals surface area contributed by atoms with E-state index in [1.165, 1.54) is 12.6 Å². The minimum atomic E-state index is -0.269. The van der Waals surface area contributed by atoms with Crippen molar-refractivity contribution in [1.29, 1.82) is 0 Å². The highest BCUT2D eigenvalue weighted by Crippen LogP contribution is 2.32. The highest BCUT2D eigenvalue weighted by atomic mass is 32.2. The number of ether oxygens (including phenoxy) is 1. The van der Waals surface area contributed by atoms with E-state index >= 15 is 0 Å². The van der Waals surface area contributed by atoms with Gasteiger partial charge in [0.15, 0.2) is 0 Å². The van der Waals surface area contributed by atoms with E-state index in [4.69, 9.17) is 4.74 Å². The maximum absolute atomic E-state index is 12.1. The first-order valence-corrected chi connectivity index (χ1v) is 9.43. The first-order chi connectivity index (χ1) is 13.0. The lowest BCUT2D eigenvalue weighted by Crippen LogP contribution is -2.22. The summed E-state index contributed by atoms with van der Waals surface area (Å²) in [5.41, 5.74) is 4.16. The van der Waals surface area contributed by atoms with Crippen molar-refractivity contribution in [2.75, 3.05) is 7.05 Å². The second-order valence-corrected chi connectivity index (χ2v) is 7.37. The van der Waals surface area contributed by atoms with E-state index in [0.717, 1.165) is 39.1 Å². The Balaban J connectivity index is 1.80. The summed E-state index contributed by atoms with van der Waals surface area (Å²) in [5, 5.41) is -0.254. The minimum Gasteiger partial charge on any atom is -0.489 e. The number of aryl methyl sites for hydroxylation is 1. The molecule has 0 aromatic heterocycles. The molecule has 0 unspecified atom stereocenters. The molecule has 1 heterocycles. The number of rotatable bonds is 6. The predicted octanol–water partition coefficient (Wildman–Crippen LogP) is 4.97. The summed E-state index contributed by atoms with van der Waals surface area (Å²) in [4.78, 5) is 25.3. The third kappa shape index (κ3) is 4.49. The van der Waals surface area contributed by atoms with Crippen LogP contribution in [0, 0.1) is 6.92 Å². The molecule has 1 aliphatic rings. The molecule has 0 saturated carbocycles. The molecule has 2 aromatic rings. The molecule has 0 radical (unpaired) electrons. The van der Waals surface area contributed by atoms with Crippen LogP contribution in [0.15, 0.2) is 60.0 Å². The van der Waals surface area contributed by atoms with Crippen LogP contribution in [0.5, 0.6) is 5.75 Å². The number of hydrogen-bond acceptors (Lipinski definition) is 4. The van der Waals surface area contributed by atoms with Crippen LogP contribution in [0.3, 0.4) is 0 Å². The summed E-state index contributed by atoms with van der Waals surface area (Å²) >= 11 is 0.956. The summed E-state index contributed by atoms with van der Waals surface area (Å²) in [6.45, 7) is 6.35. The molecule has 3 rings (SSSR count). The average Bonchev–Trinajstić information content (AvgIpc) is 2.89. The highest BCUT2D eigenvalue weighted by molar-refractivity contribution is 8.18. The van der Waals surface area contributed by atoms with E-state index < -0.39 is 0 Å². The molecular weight excluding hydrogens is 358 g/mol. The summed E-state index contributed by atoms with van der Waals surface area (Å²) in [5.74, 6) is 0.520. The van der Waals surface area contributed by atoms with E-state index in [1.807, 2.05) is 24.3 Å². The molecule has 138 valence electrons. The van der Waals surface area contributed by atoms with Gasteiger partial charge in [0, 0.05) is 7.05 Å². The van der Waals surface area contributed by atoms with Crippen molar-refractivity contribution in [1.82, 2.24) is 4.90 Å². The average molecular weight is 379 g/mol. The van der Waals surface area contributed by atoms with E-state index in [-0.39, 0.29) is 11.1 Å². The molecule has 4 nitrogen and oxygen atoms in total. The monoisotopic (exact) mass is 379 g/mol. The fourth-order valence-corrected chi connectivity index (χ4v) is 3.51. The zero-order chi connectivity index (χ0) is 19.4. The van der Waals surface area contributed by atoms with Crippen molar-refractivity contribution in [2.24, 2.45) is 0 Å². The Hall–Kier alpha value is -2.79. The molecule has 1 aliphatic heterocycles. The molecule has 1 fully saturated rings. The minimum absolute atomic E-state index is 0.254. The van der Waals surface area contributed by atoms with Crippen LogP contribution in [-0.4, -0.2) is 23.1 Å². The van der Waals surface area contributed by atoms with Gasteiger partial charge >= 0.3 is 0 Å². The molecule has 27 heavy (non-hydrogen) atoms. The number of amides is 2. The zero-order valence-corrected chi connectivity index (χ0v) is 16.2. The normalized spacial score (nSPS) is 15.5. The SMILES string of the molecule is C=CCc1cc(/C=C2\SC(=O)N(C)C2=O)ccc1OCc1ccc(C)cc1. The highest BCUT2D eigenvalue weighted by Gasteiger charge is 2.31. The van der Waals surface area contributed by atoms with E-state index in [9.17, 15) is 9.59 Å². The predicted molar refractivity (Wildman–Crippen MR) is 110 cm³/mol. The topological polar surface area (TPSA) is 46.6 Å². The van der Waals surface area contributed by atoms with Crippen molar-refractivity contribution in [3.05, 3.63) is 82.3 Å². The molecule has 2 amide bonds. The van der Waals surface area contributed by atoms with Gasteiger partial charge in [-0.3, -0.25) is 14.5 Å². The van der Waals surface area contributed by atoms with Crippen molar-refractivity contribution >= 4 is 29.0 Å². The maximum atomic E-state index is 12.1. The van der Waals surface area contributed by atoms with Gasteiger partial charge in [-0.05, 0) is 60.0 Å². The summed E-state index contributed by atoms with van der Waals surface area (Å²) in [6, 6.07) is 14.0. The number of likely N-dealkylation sites (N-methyl/N-ethyl adjacent to an activating group) is 1. The number of carbonyl (C=O) groups is 2. The number of nitrogens with zero attached hydrogens (tertiary/aromatic N) is 1. The van der Waals surface area contributed by atoms with Gasteiger partial charge in [-0.25, -0.2) is 0 Å². The molecule has 0 N–H and O–H groups in total. The van der Waals surface area contributed by atoms with Gasteiger partial charge < -0.3 is 4.74 Å². The van der Waals surface area contributed by atoms with Crippen molar-refractivity contribution < 1.29 is 14.3 Å². The molecule has 2 aromatic carbocycles. The zero-order valence-electron chi connectivity index (χ0n) is 15.4. The lowest BCUT2D eigenvalue weighted by atomic mass is 10.1. The van der Waals surface area contributed by atoms with Crippen molar-refractivity contribution in [2.45, 2.75) is 20.0 Å². The Bertz CT molecular complexity index is 916. The molecule has 5 heteroatoms. The third-order valence-corrected chi connectivity index (χ3v) is 5.21. The smallest absolute Gasteiger partial charge is 0.293 e. The molecule has 0 aliphatic carbocycles. The van der Waals surface area contributed by atoms with Gasteiger partial charge in [-0.15, -0.1) is 6.58 Å². The van der Waals surface area contributed by atoms with Gasteiger partial charge in [-0.1, -0.05) is 42.0 Å². The number of carbonyl (C=O) groups excluding carboxylic acids is 2. The molecule has 0 bridgehead atoms. The summed E-state index contributed by atoms with van der Waals surface area (Å²) in [6.07, 6.45) is 4.21. The van der Waals surface area contributed by atoms with Crippen molar-refractivity contribution in [3.8, 4) is 5.75 Å². The lowest BCUT2D eigenvalue weighted by Gasteiger charge is -2.12. The van der Waals surface area contributed by atoms with Crippen LogP contribution in [0.4, 0.5) is 4.79 Å². The van der Waals surface area contributed by atoms with Gasteiger partial charge in [0.05, 0.1) is 4.91 Å². The summed E-state index contributed by atoms with van der Waals surface area (Å²) < 4.78 is 5.99. The molecule has 0 spiro atoms. The van der Waals surface area contributed by atoms with Gasteiger partial charge in [0.25, 0.3) is 11.1 Å². The standard InChI is InChI=1S/C22H21NO3S/c1-4-5-18-12-17(13-20-21(24)23(3)22(25)27-20)10-11-19(18)26-14-16-8-6-15(2)7-9-16/h4,6-13H,1,5,14H2,2-3H3/b20-13-. The van der Waals surface area contributed by atoms with Crippen LogP contribution < -0.4 is 4.74 Å². The van der Waals surface area contributed by atoms with Crippen LogP contribution in [0.1, 0.15) is 22.3 Å². The largest absolute Gasteiger partial charge is 0.489 e.